The van der Waals surface area contributed by atoms with Crippen molar-refractivity contribution in [3.63, 3.8) is 0 Å². The van der Waals surface area contributed by atoms with E-state index in [0.29, 0.717) is 19.2 Å². The van der Waals surface area contributed by atoms with E-state index >= 15 is 0 Å². The van der Waals surface area contributed by atoms with Crippen LogP contribution in [0.2, 0.25) is 6.32 Å². The molecular formula is C16H29BO4. The zero-order valence-electron chi connectivity index (χ0n) is 14.5. The highest BCUT2D eigenvalue weighted by Crippen LogP contribution is 2.37. The molecule has 21 heavy (non-hydrogen) atoms. The Morgan fingerprint density at radius 1 is 1.10 bits per heavy atom. The van der Waals surface area contributed by atoms with Crippen molar-refractivity contribution in [2.75, 3.05) is 0 Å². The summed E-state index contributed by atoms with van der Waals surface area (Å²) in [5, 5.41) is 0. The molecular weight excluding hydrogens is 267 g/mol. The van der Waals surface area contributed by atoms with Gasteiger partial charge in [-0.1, -0.05) is 12.2 Å². The third kappa shape index (κ3) is 5.83. The number of esters is 1. The summed E-state index contributed by atoms with van der Waals surface area (Å²) in [5.41, 5.74) is -0.993. The molecule has 0 radical (unpaired) electrons. The van der Waals surface area contributed by atoms with Crippen LogP contribution in [0.25, 0.3) is 0 Å². The molecule has 1 aliphatic heterocycles. The Labute approximate surface area is 129 Å². The zero-order chi connectivity index (χ0) is 16.3. The van der Waals surface area contributed by atoms with Crippen LogP contribution in [-0.4, -0.2) is 29.9 Å². The molecule has 0 aromatic carbocycles. The van der Waals surface area contributed by atoms with E-state index in [0.717, 1.165) is 0 Å². The second kappa shape index (κ2) is 6.53. The molecule has 1 saturated heterocycles. The van der Waals surface area contributed by atoms with E-state index in [1.165, 1.54) is 0 Å². The Bertz CT molecular complexity index is 378. The van der Waals surface area contributed by atoms with E-state index in [1.54, 1.807) is 0 Å². The molecule has 1 fully saturated rings. The number of hydrogen-bond acceptors (Lipinski definition) is 4. The molecule has 1 heterocycles. The summed E-state index contributed by atoms with van der Waals surface area (Å²) in [6.07, 6.45) is 5.76. The fourth-order valence-corrected chi connectivity index (χ4v) is 1.98. The first-order valence-electron chi connectivity index (χ1n) is 7.65. The van der Waals surface area contributed by atoms with Crippen molar-refractivity contribution in [1.29, 1.82) is 0 Å². The van der Waals surface area contributed by atoms with Crippen LogP contribution in [0.3, 0.4) is 0 Å². The predicted octanol–water partition coefficient (Wildman–Crippen LogP) is 3.76. The van der Waals surface area contributed by atoms with Gasteiger partial charge in [-0.15, -0.1) is 0 Å². The third-order valence-electron chi connectivity index (χ3n) is 3.73. The van der Waals surface area contributed by atoms with Crippen LogP contribution in [0.5, 0.6) is 0 Å². The van der Waals surface area contributed by atoms with Gasteiger partial charge in [0, 0.05) is 12.7 Å². The molecule has 120 valence electrons. The van der Waals surface area contributed by atoms with Crippen LogP contribution in [0.4, 0.5) is 0 Å². The third-order valence-corrected chi connectivity index (χ3v) is 3.73. The van der Waals surface area contributed by atoms with E-state index in [4.69, 9.17) is 14.0 Å². The topological polar surface area (TPSA) is 44.8 Å². The van der Waals surface area contributed by atoms with Crippen molar-refractivity contribution in [3.8, 4) is 0 Å². The minimum atomic E-state index is -0.413. The Balaban J connectivity index is 2.27. The van der Waals surface area contributed by atoms with Gasteiger partial charge in [-0.3, -0.25) is 4.79 Å². The lowest BCUT2D eigenvalue weighted by molar-refractivity contribution is -0.154. The number of rotatable bonds is 5. The van der Waals surface area contributed by atoms with Gasteiger partial charge >= 0.3 is 13.1 Å². The molecule has 1 rings (SSSR count). The standard InChI is InChI=1S/C16H29BO4/c1-14(2,3)19-13(18)11-9-8-10-12-17-20-15(4,5)16(6,7)21-17/h8,10H,9,11-12H2,1-7H3. The summed E-state index contributed by atoms with van der Waals surface area (Å²) in [4.78, 5) is 11.5. The molecule has 0 N–H and O–H groups in total. The summed E-state index contributed by atoms with van der Waals surface area (Å²) in [6, 6.07) is 0. The molecule has 0 aromatic heterocycles. The number of allylic oxidation sites excluding steroid dienone is 2. The highest BCUT2D eigenvalue weighted by molar-refractivity contribution is 6.46. The van der Waals surface area contributed by atoms with Crippen LogP contribution in [0, 0.1) is 0 Å². The van der Waals surface area contributed by atoms with Crippen molar-refractivity contribution in [2.45, 2.75) is 84.4 Å². The smallest absolute Gasteiger partial charge is 0.460 e. The lowest BCUT2D eigenvalue weighted by atomic mass is 9.85. The molecule has 0 amide bonds. The second-order valence-corrected chi connectivity index (χ2v) is 7.52. The maximum atomic E-state index is 11.5. The van der Waals surface area contributed by atoms with Gasteiger partial charge in [0.25, 0.3) is 0 Å². The van der Waals surface area contributed by atoms with Gasteiger partial charge in [0.15, 0.2) is 0 Å². The first-order valence-corrected chi connectivity index (χ1v) is 7.65. The highest BCUT2D eigenvalue weighted by atomic mass is 16.7. The molecule has 4 nitrogen and oxygen atoms in total. The van der Waals surface area contributed by atoms with Gasteiger partial charge in [0.05, 0.1) is 11.2 Å². The quantitative estimate of drug-likeness (QED) is 0.440. The van der Waals surface area contributed by atoms with Gasteiger partial charge in [-0.25, -0.2) is 0 Å². The minimum absolute atomic E-state index is 0.164. The Morgan fingerprint density at radius 3 is 2.10 bits per heavy atom. The molecule has 0 atom stereocenters. The average Bonchev–Trinajstić information content (AvgIpc) is 2.44. The maximum absolute atomic E-state index is 11.5. The van der Waals surface area contributed by atoms with Crippen molar-refractivity contribution < 1.29 is 18.8 Å². The number of hydrogen-bond donors (Lipinski definition) is 0. The van der Waals surface area contributed by atoms with Gasteiger partial charge in [-0.2, -0.15) is 0 Å². The average molecular weight is 296 g/mol. The first kappa shape index (κ1) is 18.2. The summed E-state index contributed by atoms with van der Waals surface area (Å²) >= 11 is 0. The molecule has 0 bridgehead atoms. The van der Waals surface area contributed by atoms with Crippen molar-refractivity contribution in [2.24, 2.45) is 0 Å². The number of carbonyl (C=O) groups is 1. The first-order chi connectivity index (χ1) is 9.43. The SMILES string of the molecule is CC(C)(C)OC(=O)CCC=CCB1OC(C)(C)C(C)(C)O1. The van der Waals surface area contributed by atoms with Crippen molar-refractivity contribution in [3.05, 3.63) is 12.2 Å². The van der Waals surface area contributed by atoms with Crippen LogP contribution < -0.4 is 0 Å². The Morgan fingerprint density at radius 2 is 1.62 bits per heavy atom. The van der Waals surface area contributed by atoms with Crippen LogP contribution >= 0.6 is 0 Å². The van der Waals surface area contributed by atoms with Gasteiger partial charge in [0.1, 0.15) is 5.60 Å². The molecule has 5 heteroatoms. The molecule has 0 saturated carbocycles. The summed E-state index contributed by atoms with van der Waals surface area (Å²) in [5.74, 6) is -0.164. The monoisotopic (exact) mass is 296 g/mol. The minimum Gasteiger partial charge on any atom is -0.460 e. The van der Waals surface area contributed by atoms with E-state index in [9.17, 15) is 4.79 Å². The molecule has 0 unspecified atom stereocenters. The largest absolute Gasteiger partial charge is 0.461 e. The molecule has 1 aliphatic rings. The Hall–Kier alpha value is -0.805. The van der Waals surface area contributed by atoms with Crippen LogP contribution in [0.1, 0.15) is 61.3 Å². The van der Waals surface area contributed by atoms with E-state index in [-0.39, 0.29) is 24.3 Å². The summed E-state index contributed by atoms with van der Waals surface area (Å²) in [6.45, 7) is 13.8. The molecule has 0 spiro atoms. The van der Waals surface area contributed by atoms with Crippen molar-refractivity contribution in [1.82, 2.24) is 0 Å². The van der Waals surface area contributed by atoms with E-state index in [2.05, 4.69) is 0 Å². The Kier molecular flexibility index (Phi) is 5.67. The highest BCUT2D eigenvalue weighted by Gasteiger charge is 2.50. The van der Waals surface area contributed by atoms with E-state index in [1.807, 2.05) is 60.6 Å². The fourth-order valence-electron chi connectivity index (χ4n) is 1.98. The van der Waals surface area contributed by atoms with Gasteiger partial charge < -0.3 is 14.0 Å². The molecule has 0 aromatic rings. The van der Waals surface area contributed by atoms with Crippen LogP contribution in [-0.2, 0) is 18.8 Å². The van der Waals surface area contributed by atoms with Gasteiger partial charge in [0.2, 0.25) is 0 Å². The second-order valence-electron chi connectivity index (χ2n) is 7.52. The van der Waals surface area contributed by atoms with E-state index < -0.39 is 5.60 Å². The predicted molar refractivity (Wildman–Crippen MR) is 85.1 cm³/mol. The normalized spacial score (nSPS) is 21.0. The summed E-state index contributed by atoms with van der Waals surface area (Å²) < 4.78 is 17.0. The number of ether oxygens (including phenoxy) is 1. The van der Waals surface area contributed by atoms with Crippen LogP contribution in [0.15, 0.2) is 12.2 Å². The lowest BCUT2D eigenvalue weighted by Gasteiger charge is -2.32. The number of carbonyl (C=O) groups excluding carboxylic acids is 1. The van der Waals surface area contributed by atoms with Crippen molar-refractivity contribution >= 4 is 13.1 Å². The zero-order valence-corrected chi connectivity index (χ0v) is 14.5. The summed E-state index contributed by atoms with van der Waals surface area (Å²) in [7, 11) is -0.215. The van der Waals surface area contributed by atoms with Gasteiger partial charge in [-0.05, 0) is 54.9 Å². The lowest BCUT2D eigenvalue weighted by Crippen LogP contribution is -2.41. The molecule has 0 aliphatic carbocycles. The fraction of sp³-hybridized carbons (Fsp3) is 0.812. The maximum Gasteiger partial charge on any atom is 0.461 e.